The van der Waals surface area contributed by atoms with Crippen LogP contribution in [0, 0.1) is 13.8 Å². The zero-order chi connectivity index (χ0) is 19.3. The average Bonchev–Trinajstić information content (AvgIpc) is 2.58. The average molecular weight is 358 g/mol. The topological polar surface area (TPSA) is 117 Å². The largest absolute Gasteiger partial charge is 0.493 e. The first kappa shape index (κ1) is 19.2. The fourth-order valence-corrected chi connectivity index (χ4v) is 2.32. The maximum absolute atomic E-state index is 12.1. The Morgan fingerprint density at radius 2 is 2.04 bits per heavy atom. The predicted molar refractivity (Wildman–Crippen MR) is 99.1 cm³/mol. The molecule has 0 bridgehead atoms. The van der Waals surface area contributed by atoms with Crippen molar-refractivity contribution in [2.75, 3.05) is 0 Å². The van der Waals surface area contributed by atoms with E-state index in [-0.39, 0.29) is 11.5 Å². The summed E-state index contributed by atoms with van der Waals surface area (Å²) in [6.07, 6.45) is 2.94. The molecule has 8 nitrogen and oxygen atoms in total. The molecule has 1 amide bonds. The van der Waals surface area contributed by atoms with Gasteiger partial charge in [0.2, 0.25) is 11.8 Å². The summed E-state index contributed by atoms with van der Waals surface area (Å²) in [5.41, 5.74) is 2.88. The zero-order valence-corrected chi connectivity index (χ0v) is 15.0. The highest BCUT2D eigenvalue weighted by atomic mass is 16.3. The molecule has 0 atom stereocenters. The number of aryl methyl sites for hydroxylation is 2. The Morgan fingerprint density at radius 1 is 1.31 bits per heavy atom. The van der Waals surface area contributed by atoms with Crippen LogP contribution < -0.4 is 16.7 Å². The van der Waals surface area contributed by atoms with Gasteiger partial charge in [0.1, 0.15) is 5.56 Å². The van der Waals surface area contributed by atoms with E-state index in [1.807, 2.05) is 26.8 Å². The van der Waals surface area contributed by atoms with Crippen LogP contribution in [0.5, 0.6) is 5.88 Å². The minimum Gasteiger partial charge on any atom is -0.493 e. The molecule has 3 N–H and O–H groups in total. The summed E-state index contributed by atoms with van der Waals surface area (Å²) in [6.45, 7) is 5.76. The molecule has 0 saturated heterocycles. The number of nitrogens with zero attached hydrogens (tertiary/aromatic N) is 2. The number of hydrogen-bond acceptors (Lipinski definition) is 5. The van der Waals surface area contributed by atoms with Gasteiger partial charge in [-0.05, 0) is 43.5 Å². The minimum atomic E-state index is -0.792. The van der Waals surface area contributed by atoms with Gasteiger partial charge >= 0.3 is 5.69 Å². The molecule has 2 aromatic rings. The molecule has 26 heavy (non-hydrogen) atoms. The highest BCUT2D eigenvalue weighted by molar-refractivity contribution is 5.84. The monoisotopic (exact) mass is 358 g/mol. The van der Waals surface area contributed by atoms with E-state index >= 15 is 0 Å². The summed E-state index contributed by atoms with van der Waals surface area (Å²) >= 11 is 0. The minimum absolute atomic E-state index is 0.224. The van der Waals surface area contributed by atoms with Crippen LogP contribution >= 0.6 is 0 Å². The first-order chi connectivity index (χ1) is 12.3. The molecule has 138 valence electrons. The van der Waals surface area contributed by atoms with Gasteiger partial charge < -0.3 is 5.11 Å². The van der Waals surface area contributed by atoms with Crippen LogP contribution in [0.4, 0.5) is 0 Å². The summed E-state index contributed by atoms with van der Waals surface area (Å²) in [5.74, 6) is -0.838. The number of unbranched alkanes of at least 4 members (excludes halogenated alkanes) is 1. The number of aromatic nitrogens is 2. The van der Waals surface area contributed by atoms with Crippen molar-refractivity contribution in [1.29, 1.82) is 0 Å². The third kappa shape index (κ3) is 4.27. The number of hydrazone groups is 1. The molecule has 0 spiro atoms. The number of hydrogen-bond donors (Lipinski definition) is 3. The molecule has 0 aliphatic heterocycles. The van der Waals surface area contributed by atoms with Gasteiger partial charge in [-0.25, -0.2) is 14.8 Å². The van der Waals surface area contributed by atoms with E-state index in [0.29, 0.717) is 12.1 Å². The third-order valence-electron chi connectivity index (χ3n) is 4.01. The number of H-pyrrole nitrogens is 1. The van der Waals surface area contributed by atoms with E-state index in [0.717, 1.165) is 34.8 Å². The van der Waals surface area contributed by atoms with Crippen molar-refractivity contribution in [3.63, 3.8) is 0 Å². The van der Waals surface area contributed by atoms with Crippen LogP contribution in [-0.2, 0) is 4.79 Å². The van der Waals surface area contributed by atoms with E-state index < -0.39 is 17.1 Å². The second-order valence-corrected chi connectivity index (χ2v) is 6.00. The number of carbonyl (C=O) groups is 1. The molecule has 0 aliphatic carbocycles. The van der Waals surface area contributed by atoms with Gasteiger partial charge in [0.15, 0.2) is 0 Å². The Kier molecular flexibility index (Phi) is 6.11. The van der Waals surface area contributed by atoms with Gasteiger partial charge in [0.05, 0.1) is 11.9 Å². The second kappa shape index (κ2) is 8.28. The van der Waals surface area contributed by atoms with Crippen molar-refractivity contribution in [1.82, 2.24) is 15.0 Å². The molecule has 1 aromatic heterocycles. The Balaban J connectivity index is 2.40. The summed E-state index contributed by atoms with van der Waals surface area (Å²) < 4.78 is 0.980. The van der Waals surface area contributed by atoms with Crippen molar-refractivity contribution in [2.45, 2.75) is 40.0 Å². The van der Waals surface area contributed by atoms with Crippen LogP contribution in [0.1, 0.15) is 42.9 Å². The lowest BCUT2D eigenvalue weighted by Crippen LogP contribution is -2.31. The molecular formula is C18H22N4O4. The Morgan fingerprint density at radius 3 is 2.69 bits per heavy atom. The van der Waals surface area contributed by atoms with Gasteiger partial charge in [0, 0.05) is 6.42 Å². The van der Waals surface area contributed by atoms with Crippen LogP contribution in [0.15, 0.2) is 32.9 Å². The smallest absolute Gasteiger partial charge is 0.335 e. The maximum atomic E-state index is 12.1. The molecule has 0 unspecified atom stereocenters. The number of aromatic hydroxyl groups is 1. The standard InChI is InChI=1S/C18H22N4O4/c1-4-5-6-15(23)21-19-10-14-16(24)20-18(26)22(17(14)25)13-8-7-11(2)12(3)9-13/h7-10,25H,4-6H2,1-3H3,(H,21,23)(H,20,24,26)/b19-10+. The van der Waals surface area contributed by atoms with Gasteiger partial charge in [-0.1, -0.05) is 19.4 Å². The first-order valence-corrected chi connectivity index (χ1v) is 8.33. The highest BCUT2D eigenvalue weighted by Crippen LogP contribution is 2.18. The first-order valence-electron chi connectivity index (χ1n) is 8.33. The number of amides is 1. The van der Waals surface area contributed by atoms with Crippen LogP contribution in [0.25, 0.3) is 5.69 Å². The van der Waals surface area contributed by atoms with E-state index in [1.165, 1.54) is 0 Å². The normalized spacial score (nSPS) is 11.0. The number of aromatic amines is 1. The molecule has 0 aliphatic rings. The van der Waals surface area contributed by atoms with Crippen molar-refractivity contribution < 1.29 is 9.90 Å². The Labute approximate surface area is 150 Å². The molecule has 1 aromatic carbocycles. The van der Waals surface area contributed by atoms with Gasteiger partial charge in [0.25, 0.3) is 5.56 Å². The summed E-state index contributed by atoms with van der Waals surface area (Å²) in [7, 11) is 0. The number of benzene rings is 1. The molecule has 8 heteroatoms. The fourth-order valence-electron chi connectivity index (χ4n) is 2.32. The van der Waals surface area contributed by atoms with Crippen molar-refractivity contribution in [2.24, 2.45) is 5.10 Å². The lowest BCUT2D eigenvalue weighted by Gasteiger charge is -2.11. The van der Waals surface area contributed by atoms with Crippen molar-refractivity contribution >= 4 is 12.1 Å². The molecule has 2 rings (SSSR count). The molecule has 0 saturated carbocycles. The summed E-state index contributed by atoms with van der Waals surface area (Å²) in [5, 5.41) is 14.1. The SMILES string of the molecule is CCCCC(=O)N/N=C/c1c(O)n(-c2ccc(C)c(C)c2)c(=O)[nH]c1=O. The quantitative estimate of drug-likeness (QED) is 0.536. The summed E-state index contributed by atoms with van der Waals surface area (Å²) in [4.78, 5) is 37.8. The lowest BCUT2D eigenvalue weighted by molar-refractivity contribution is -0.121. The van der Waals surface area contributed by atoms with Gasteiger partial charge in [-0.15, -0.1) is 0 Å². The molecule has 0 radical (unpaired) electrons. The molecular weight excluding hydrogens is 336 g/mol. The van der Waals surface area contributed by atoms with Crippen LogP contribution in [0.2, 0.25) is 0 Å². The summed E-state index contributed by atoms with van der Waals surface area (Å²) in [6, 6.07) is 5.20. The van der Waals surface area contributed by atoms with Crippen molar-refractivity contribution in [3.8, 4) is 11.6 Å². The van der Waals surface area contributed by atoms with E-state index in [4.69, 9.17) is 0 Å². The van der Waals surface area contributed by atoms with Gasteiger partial charge in [-0.2, -0.15) is 5.10 Å². The van der Waals surface area contributed by atoms with E-state index in [9.17, 15) is 19.5 Å². The lowest BCUT2D eigenvalue weighted by atomic mass is 10.1. The fraction of sp³-hybridized carbons (Fsp3) is 0.333. The Bertz CT molecular complexity index is 957. The van der Waals surface area contributed by atoms with Crippen molar-refractivity contribution in [3.05, 3.63) is 55.7 Å². The van der Waals surface area contributed by atoms with E-state index in [2.05, 4.69) is 15.5 Å². The Hall–Kier alpha value is -3.16. The predicted octanol–water partition coefficient (Wildman–Crippen LogP) is 1.49. The highest BCUT2D eigenvalue weighted by Gasteiger charge is 2.14. The van der Waals surface area contributed by atoms with E-state index in [1.54, 1.807) is 12.1 Å². The molecule has 0 fully saturated rings. The number of rotatable bonds is 6. The van der Waals surface area contributed by atoms with Gasteiger partial charge in [-0.3, -0.25) is 14.6 Å². The number of nitrogens with one attached hydrogen (secondary N) is 2. The van der Waals surface area contributed by atoms with Crippen LogP contribution in [-0.4, -0.2) is 26.8 Å². The maximum Gasteiger partial charge on any atom is 0.335 e. The second-order valence-electron chi connectivity index (χ2n) is 6.00. The number of carbonyl (C=O) groups excluding carboxylic acids is 1. The zero-order valence-electron chi connectivity index (χ0n) is 15.0. The van der Waals surface area contributed by atoms with Crippen LogP contribution in [0.3, 0.4) is 0 Å². The third-order valence-corrected chi connectivity index (χ3v) is 4.01. The molecule has 1 heterocycles.